The summed E-state index contributed by atoms with van der Waals surface area (Å²) in [6, 6.07) is 6.87. The van der Waals surface area contributed by atoms with Gasteiger partial charge in [-0.25, -0.2) is 0 Å². The average Bonchev–Trinajstić information content (AvgIpc) is 2.41. The number of rotatable bonds is 7. The van der Waals surface area contributed by atoms with E-state index in [9.17, 15) is 9.59 Å². The van der Waals surface area contributed by atoms with E-state index in [1.165, 1.54) is 6.92 Å². The number of carbonyl (C=O) groups is 2. The van der Waals surface area contributed by atoms with Crippen LogP contribution in [0.5, 0.6) is 0 Å². The number of hydrogen-bond donors (Lipinski definition) is 1. The SMILES string of the molecule is COCCN(CCC(=O)Nc1ccc(Cl)cc1)C(C)=O. The second-order valence-electron chi connectivity index (χ2n) is 4.30. The molecule has 0 bridgehead atoms. The second kappa shape index (κ2) is 8.55. The van der Waals surface area contributed by atoms with Crippen LogP contribution in [0.3, 0.4) is 0 Å². The number of ether oxygens (including phenoxy) is 1. The van der Waals surface area contributed by atoms with Gasteiger partial charge in [-0.15, -0.1) is 0 Å². The third-order valence-electron chi connectivity index (χ3n) is 2.75. The smallest absolute Gasteiger partial charge is 0.226 e. The van der Waals surface area contributed by atoms with Crippen molar-refractivity contribution >= 4 is 29.1 Å². The number of halogens is 1. The van der Waals surface area contributed by atoms with Gasteiger partial charge in [0.2, 0.25) is 11.8 Å². The zero-order valence-electron chi connectivity index (χ0n) is 11.7. The first-order valence-corrected chi connectivity index (χ1v) is 6.70. The van der Waals surface area contributed by atoms with Crippen molar-refractivity contribution < 1.29 is 14.3 Å². The fraction of sp³-hybridized carbons (Fsp3) is 0.429. The predicted octanol–water partition coefficient (Wildman–Crippen LogP) is 2.16. The molecule has 0 aliphatic rings. The maximum absolute atomic E-state index is 11.8. The second-order valence-corrected chi connectivity index (χ2v) is 4.74. The molecule has 1 N–H and O–H groups in total. The number of hydrogen-bond acceptors (Lipinski definition) is 3. The van der Waals surface area contributed by atoms with Gasteiger partial charge in [-0.3, -0.25) is 9.59 Å². The van der Waals surface area contributed by atoms with Crippen LogP contribution in [0, 0.1) is 0 Å². The molecular formula is C14H19ClN2O3. The molecule has 6 heteroatoms. The van der Waals surface area contributed by atoms with E-state index >= 15 is 0 Å². The molecule has 20 heavy (non-hydrogen) atoms. The maximum Gasteiger partial charge on any atom is 0.226 e. The molecule has 0 fully saturated rings. The molecule has 0 aliphatic carbocycles. The Bertz CT molecular complexity index is 448. The normalized spacial score (nSPS) is 10.2. The number of anilines is 1. The molecule has 0 saturated heterocycles. The molecule has 1 aromatic rings. The van der Waals surface area contributed by atoms with Gasteiger partial charge in [0.1, 0.15) is 0 Å². The number of amides is 2. The van der Waals surface area contributed by atoms with Gasteiger partial charge in [-0.2, -0.15) is 0 Å². The Balaban J connectivity index is 2.41. The third-order valence-corrected chi connectivity index (χ3v) is 3.00. The number of carbonyl (C=O) groups excluding carboxylic acids is 2. The lowest BCUT2D eigenvalue weighted by atomic mass is 10.3. The maximum atomic E-state index is 11.8. The summed E-state index contributed by atoms with van der Waals surface area (Å²) in [5, 5.41) is 3.37. The minimum atomic E-state index is -0.143. The largest absolute Gasteiger partial charge is 0.383 e. The highest BCUT2D eigenvalue weighted by atomic mass is 35.5. The van der Waals surface area contributed by atoms with Crippen LogP contribution in [-0.2, 0) is 14.3 Å². The summed E-state index contributed by atoms with van der Waals surface area (Å²) in [5.41, 5.74) is 0.686. The van der Waals surface area contributed by atoms with Crippen LogP contribution in [0.15, 0.2) is 24.3 Å². The Hall–Kier alpha value is -1.59. The Morgan fingerprint density at radius 2 is 1.90 bits per heavy atom. The van der Waals surface area contributed by atoms with Gasteiger partial charge in [0, 0.05) is 44.3 Å². The average molecular weight is 299 g/mol. The van der Waals surface area contributed by atoms with Crippen LogP contribution in [0.1, 0.15) is 13.3 Å². The summed E-state index contributed by atoms with van der Waals surface area (Å²) >= 11 is 5.77. The highest BCUT2D eigenvalue weighted by Crippen LogP contribution is 2.13. The van der Waals surface area contributed by atoms with Crippen molar-refractivity contribution in [3.05, 3.63) is 29.3 Å². The molecule has 0 saturated carbocycles. The first kappa shape index (κ1) is 16.5. The van der Waals surface area contributed by atoms with Crippen LogP contribution in [0.4, 0.5) is 5.69 Å². The minimum Gasteiger partial charge on any atom is -0.383 e. The van der Waals surface area contributed by atoms with E-state index in [0.29, 0.717) is 30.4 Å². The van der Waals surface area contributed by atoms with Crippen molar-refractivity contribution in [1.29, 1.82) is 0 Å². The fourth-order valence-electron chi connectivity index (χ4n) is 1.62. The molecule has 1 rings (SSSR count). The molecule has 0 heterocycles. The molecule has 110 valence electrons. The third kappa shape index (κ3) is 6.04. The Morgan fingerprint density at radius 3 is 2.45 bits per heavy atom. The van der Waals surface area contributed by atoms with Gasteiger partial charge < -0.3 is 15.0 Å². The lowest BCUT2D eigenvalue weighted by molar-refractivity contribution is -0.130. The van der Waals surface area contributed by atoms with E-state index < -0.39 is 0 Å². The first-order valence-electron chi connectivity index (χ1n) is 6.33. The molecule has 0 atom stereocenters. The molecule has 1 aromatic carbocycles. The van der Waals surface area contributed by atoms with E-state index in [1.54, 1.807) is 36.3 Å². The topological polar surface area (TPSA) is 58.6 Å². The highest BCUT2D eigenvalue weighted by Gasteiger charge is 2.11. The van der Waals surface area contributed by atoms with Crippen molar-refractivity contribution in [2.24, 2.45) is 0 Å². The van der Waals surface area contributed by atoms with Crippen molar-refractivity contribution in [1.82, 2.24) is 4.90 Å². The first-order chi connectivity index (χ1) is 9.52. The number of methoxy groups -OCH3 is 1. The summed E-state index contributed by atoms with van der Waals surface area (Å²) in [6.45, 7) is 2.79. The van der Waals surface area contributed by atoms with Crippen LogP contribution in [0.25, 0.3) is 0 Å². The van der Waals surface area contributed by atoms with Gasteiger partial charge >= 0.3 is 0 Å². The fourth-order valence-corrected chi connectivity index (χ4v) is 1.75. The standard InChI is InChI=1S/C14H19ClN2O3/c1-11(18)17(9-10-20-2)8-7-14(19)16-13-5-3-12(15)4-6-13/h3-6H,7-10H2,1-2H3,(H,16,19). The van der Waals surface area contributed by atoms with Gasteiger partial charge in [0.15, 0.2) is 0 Å². The van der Waals surface area contributed by atoms with Crippen molar-refractivity contribution in [3.63, 3.8) is 0 Å². The molecule has 2 amide bonds. The molecular weight excluding hydrogens is 280 g/mol. The van der Waals surface area contributed by atoms with Crippen LogP contribution in [-0.4, -0.2) is 43.5 Å². The molecule has 0 aliphatic heterocycles. The molecule has 0 spiro atoms. The van der Waals surface area contributed by atoms with E-state index in [0.717, 1.165) is 0 Å². The van der Waals surface area contributed by atoms with Gasteiger partial charge in [0.05, 0.1) is 6.61 Å². The van der Waals surface area contributed by atoms with Gasteiger partial charge in [-0.05, 0) is 24.3 Å². The molecule has 5 nitrogen and oxygen atoms in total. The van der Waals surface area contributed by atoms with E-state index in [-0.39, 0.29) is 18.2 Å². The summed E-state index contributed by atoms with van der Waals surface area (Å²) in [4.78, 5) is 24.8. The summed E-state index contributed by atoms with van der Waals surface area (Å²) in [6.07, 6.45) is 0.242. The molecule has 0 unspecified atom stereocenters. The Labute approximate surface area is 123 Å². The predicted molar refractivity (Wildman–Crippen MR) is 78.8 cm³/mol. The van der Waals surface area contributed by atoms with E-state index in [1.807, 2.05) is 0 Å². The number of nitrogens with zero attached hydrogens (tertiary/aromatic N) is 1. The van der Waals surface area contributed by atoms with E-state index in [2.05, 4.69) is 5.32 Å². The van der Waals surface area contributed by atoms with Crippen molar-refractivity contribution in [3.8, 4) is 0 Å². The van der Waals surface area contributed by atoms with Gasteiger partial charge in [0.25, 0.3) is 0 Å². The number of benzene rings is 1. The van der Waals surface area contributed by atoms with Gasteiger partial charge in [-0.1, -0.05) is 11.6 Å². The molecule has 0 radical (unpaired) electrons. The zero-order valence-corrected chi connectivity index (χ0v) is 12.4. The van der Waals surface area contributed by atoms with E-state index in [4.69, 9.17) is 16.3 Å². The highest BCUT2D eigenvalue weighted by molar-refractivity contribution is 6.30. The Kier molecular flexibility index (Phi) is 7.04. The number of nitrogens with one attached hydrogen (secondary N) is 1. The van der Waals surface area contributed by atoms with Crippen molar-refractivity contribution in [2.45, 2.75) is 13.3 Å². The lowest BCUT2D eigenvalue weighted by Gasteiger charge is -2.20. The molecule has 0 aromatic heterocycles. The minimum absolute atomic E-state index is 0.0682. The summed E-state index contributed by atoms with van der Waals surface area (Å²) < 4.78 is 4.93. The summed E-state index contributed by atoms with van der Waals surface area (Å²) in [5.74, 6) is -0.211. The lowest BCUT2D eigenvalue weighted by Crippen LogP contribution is -2.34. The van der Waals surface area contributed by atoms with Crippen LogP contribution >= 0.6 is 11.6 Å². The van der Waals surface area contributed by atoms with Crippen LogP contribution < -0.4 is 5.32 Å². The van der Waals surface area contributed by atoms with Crippen molar-refractivity contribution in [2.75, 3.05) is 32.1 Å². The van der Waals surface area contributed by atoms with Crippen LogP contribution in [0.2, 0.25) is 5.02 Å². The zero-order chi connectivity index (χ0) is 15.0. The quantitative estimate of drug-likeness (QED) is 0.839. The Morgan fingerprint density at radius 1 is 1.25 bits per heavy atom. The summed E-state index contributed by atoms with van der Waals surface area (Å²) in [7, 11) is 1.57. The monoisotopic (exact) mass is 298 g/mol.